The average molecular weight is 271 g/mol. The van der Waals surface area contributed by atoms with Gasteiger partial charge < -0.3 is 9.47 Å². The van der Waals surface area contributed by atoms with Crippen molar-refractivity contribution in [3.8, 4) is 11.5 Å². The minimum atomic E-state index is -0.0343. The SMILES string of the molecule is COCCONC1c2ccccc2Oc2ccccc21. The normalized spacial score (nSPS) is 13.4. The van der Waals surface area contributed by atoms with Gasteiger partial charge in [-0.1, -0.05) is 36.4 Å². The number of rotatable bonds is 5. The van der Waals surface area contributed by atoms with E-state index >= 15 is 0 Å². The Hall–Kier alpha value is -1.88. The first-order valence-electron chi connectivity index (χ1n) is 6.62. The predicted octanol–water partition coefficient (Wildman–Crippen LogP) is 3.05. The number of para-hydroxylation sites is 2. The summed E-state index contributed by atoms with van der Waals surface area (Å²) in [5.74, 6) is 1.72. The van der Waals surface area contributed by atoms with Gasteiger partial charge in [-0.25, -0.2) is 0 Å². The number of methoxy groups -OCH3 is 1. The summed E-state index contributed by atoms with van der Waals surface area (Å²) in [6.45, 7) is 1.05. The van der Waals surface area contributed by atoms with Crippen molar-refractivity contribution in [2.75, 3.05) is 20.3 Å². The molecule has 0 bridgehead atoms. The van der Waals surface area contributed by atoms with Crippen LogP contribution in [0.15, 0.2) is 48.5 Å². The van der Waals surface area contributed by atoms with Crippen LogP contribution in [-0.4, -0.2) is 20.3 Å². The summed E-state index contributed by atoms with van der Waals surface area (Å²) in [4.78, 5) is 5.50. The molecule has 1 aliphatic heterocycles. The van der Waals surface area contributed by atoms with Gasteiger partial charge in [-0.05, 0) is 12.1 Å². The van der Waals surface area contributed by atoms with Crippen LogP contribution < -0.4 is 10.2 Å². The Morgan fingerprint density at radius 3 is 2.15 bits per heavy atom. The third-order valence-corrected chi connectivity index (χ3v) is 3.27. The molecule has 4 nitrogen and oxygen atoms in total. The lowest BCUT2D eigenvalue weighted by atomic mass is 9.95. The smallest absolute Gasteiger partial charge is 0.132 e. The number of benzene rings is 2. The molecule has 0 saturated heterocycles. The number of fused-ring (bicyclic) bond motifs is 2. The van der Waals surface area contributed by atoms with Crippen molar-refractivity contribution in [3.63, 3.8) is 0 Å². The van der Waals surface area contributed by atoms with Gasteiger partial charge in [0.2, 0.25) is 0 Å². The Morgan fingerprint density at radius 2 is 1.55 bits per heavy atom. The number of hydroxylamine groups is 1. The Kier molecular flexibility index (Phi) is 3.97. The summed E-state index contributed by atoms with van der Waals surface area (Å²) in [5, 5.41) is 0. The molecule has 104 valence electrons. The molecular formula is C16H17NO3. The van der Waals surface area contributed by atoms with E-state index in [0.717, 1.165) is 22.6 Å². The molecule has 0 spiro atoms. The maximum absolute atomic E-state index is 5.91. The highest BCUT2D eigenvalue weighted by Crippen LogP contribution is 2.42. The van der Waals surface area contributed by atoms with E-state index in [-0.39, 0.29) is 6.04 Å². The first-order chi connectivity index (χ1) is 9.90. The van der Waals surface area contributed by atoms with Crippen LogP contribution in [0, 0.1) is 0 Å². The maximum atomic E-state index is 5.91. The molecule has 1 heterocycles. The molecule has 1 N–H and O–H groups in total. The molecule has 4 heteroatoms. The molecule has 0 unspecified atom stereocenters. The lowest BCUT2D eigenvalue weighted by molar-refractivity contribution is -0.00698. The lowest BCUT2D eigenvalue weighted by Gasteiger charge is -2.28. The third kappa shape index (κ3) is 2.54. The minimum absolute atomic E-state index is 0.0343. The quantitative estimate of drug-likeness (QED) is 0.670. The Labute approximate surface area is 118 Å². The zero-order valence-electron chi connectivity index (χ0n) is 11.3. The molecule has 2 aromatic carbocycles. The third-order valence-electron chi connectivity index (χ3n) is 3.27. The van der Waals surface area contributed by atoms with Crippen LogP contribution in [0.2, 0.25) is 0 Å². The monoisotopic (exact) mass is 271 g/mol. The number of ether oxygens (including phenoxy) is 2. The molecule has 0 atom stereocenters. The topological polar surface area (TPSA) is 39.7 Å². The van der Waals surface area contributed by atoms with E-state index in [1.165, 1.54) is 0 Å². The fourth-order valence-corrected chi connectivity index (χ4v) is 2.30. The molecule has 3 rings (SSSR count). The molecule has 20 heavy (non-hydrogen) atoms. The van der Waals surface area contributed by atoms with Crippen LogP contribution in [0.25, 0.3) is 0 Å². The first-order valence-corrected chi connectivity index (χ1v) is 6.62. The first kappa shape index (κ1) is 13.1. The highest BCUT2D eigenvalue weighted by Gasteiger charge is 2.26. The van der Waals surface area contributed by atoms with Crippen molar-refractivity contribution in [3.05, 3.63) is 59.7 Å². The van der Waals surface area contributed by atoms with Gasteiger partial charge in [-0.2, -0.15) is 5.48 Å². The molecule has 0 saturated carbocycles. The molecule has 0 aromatic heterocycles. The molecule has 0 radical (unpaired) electrons. The number of hydrogen-bond acceptors (Lipinski definition) is 4. The van der Waals surface area contributed by atoms with Crippen molar-refractivity contribution in [1.29, 1.82) is 0 Å². The molecule has 1 aliphatic rings. The van der Waals surface area contributed by atoms with Crippen molar-refractivity contribution < 1.29 is 14.3 Å². The van der Waals surface area contributed by atoms with E-state index in [1.807, 2.05) is 48.5 Å². The van der Waals surface area contributed by atoms with Crippen molar-refractivity contribution in [2.24, 2.45) is 0 Å². The fourth-order valence-electron chi connectivity index (χ4n) is 2.30. The number of nitrogens with one attached hydrogen (secondary N) is 1. The van der Waals surface area contributed by atoms with Crippen LogP contribution in [-0.2, 0) is 9.57 Å². The van der Waals surface area contributed by atoms with Gasteiger partial charge in [0.05, 0.1) is 19.3 Å². The summed E-state index contributed by atoms with van der Waals surface area (Å²) >= 11 is 0. The van der Waals surface area contributed by atoms with Gasteiger partial charge in [0, 0.05) is 18.2 Å². The standard InChI is InChI=1S/C16H17NO3/c1-18-10-11-19-17-16-12-6-2-4-8-14(12)20-15-9-5-3-7-13(15)16/h2-9,16-17H,10-11H2,1H3. The van der Waals surface area contributed by atoms with Gasteiger partial charge in [0.25, 0.3) is 0 Å². The second-order valence-electron chi connectivity index (χ2n) is 4.57. The Morgan fingerprint density at radius 1 is 0.950 bits per heavy atom. The van der Waals surface area contributed by atoms with E-state index in [1.54, 1.807) is 7.11 Å². The maximum Gasteiger partial charge on any atom is 0.132 e. The summed E-state index contributed by atoms with van der Waals surface area (Å²) in [6.07, 6.45) is 0. The van der Waals surface area contributed by atoms with E-state index in [9.17, 15) is 0 Å². The summed E-state index contributed by atoms with van der Waals surface area (Å²) < 4.78 is 10.9. The van der Waals surface area contributed by atoms with Crippen LogP contribution in [0.5, 0.6) is 11.5 Å². The average Bonchev–Trinajstić information content (AvgIpc) is 2.50. The summed E-state index contributed by atoms with van der Waals surface area (Å²) in [5.41, 5.74) is 5.25. The largest absolute Gasteiger partial charge is 0.457 e. The highest BCUT2D eigenvalue weighted by molar-refractivity contribution is 5.52. The molecule has 0 fully saturated rings. The second kappa shape index (κ2) is 6.05. The fraction of sp³-hybridized carbons (Fsp3) is 0.250. The van der Waals surface area contributed by atoms with Gasteiger partial charge in [0.1, 0.15) is 11.5 Å². The highest BCUT2D eigenvalue weighted by atomic mass is 16.7. The van der Waals surface area contributed by atoms with Gasteiger partial charge >= 0.3 is 0 Å². The van der Waals surface area contributed by atoms with E-state index in [4.69, 9.17) is 14.3 Å². The minimum Gasteiger partial charge on any atom is -0.457 e. The zero-order chi connectivity index (χ0) is 13.8. The summed E-state index contributed by atoms with van der Waals surface area (Å²) in [6, 6.07) is 15.9. The molecular weight excluding hydrogens is 254 g/mol. The van der Waals surface area contributed by atoms with E-state index < -0.39 is 0 Å². The molecule has 2 aromatic rings. The lowest BCUT2D eigenvalue weighted by Crippen LogP contribution is -2.27. The van der Waals surface area contributed by atoms with Crippen molar-refractivity contribution in [2.45, 2.75) is 6.04 Å². The van der Waals surface area contributed by atoms with E-state index in [0.29, 0.717) is 13.2 Å². The van der Waals surface area contributed by atoms with Crippen molar-refractivity contribution >= 4 is 0 Å². The zero-order valence-corrected chi connectivity index (χ0v) is 11.3. The summed E-state index contributed by atoms with van der Waals surface area (Å²) in [7, 11) is 1.66. The van der Waals surface area contributed by atoms with Crippen LogP contribution >= 0.6 is 0 Å². The van der Waals surface area contributed by atoms with Gasteiger partial charge in [0.15, 0.2) is 0 Å². The predicted molar refractivity (Wildman–Crippen MR) is 75.8 cm³/mol. The van der Waals surface area contributed by atoms with Crippen LogP contribution in [0.4, 0.5) is 0 Å². The molecule has 0 aliphatic carbocycles. The van der Waals surface area contributed by atoms with Crippen LogP contribution in [0.1, 0.15) is 17.2 Å². The van der Waals surface area contributed by atoms with Crippen molar-refractivity contribution in [1.82, 2.24) is 5.48 Å². The second-order valence-corrected chi connectivity index (χ2v) is 4.57. The molecule has 0 amide bonds. The van der Waals surface area contributed by atoms with Crippen LogP contribution in [0.3, 0.4) is 0 Å². The van der Waals surface area contributed by atoms with E-state index in [2.05, 4.69) is 5.48 Å². The Bertz CT molecular complexity index is 540. The Balaban J connectivity index is 1.87. The van der Waals surface area contributed by atoms with Gasteiger partial charge in [-0.15, -0.1) is 0 Å². The van der Waals surface area contributed by atoms with Gasteiger partial charge in [-0.3, -0.25) is 4.84 Å². The number of hydrogen-bond donors (Lipinski definition) is 1.